The van der Waals surface area contributed by atoms with Crippen LogP contribution in [0.1, 0.15) is 81.3 Å². The van der Waals surface area contributed by atoms with Crippen molar-refractivity contribution >= 4 is 11.5 Å². The van der Waals surface area contributed by atoms with Crippen LogP contribution in [0.15, 0.2) is 23.8 Å². The summed E-state index contributed by atoms with van der Waals surface area (Å²) in [6.07, 6.45) is 6.02. The molecule has 1 fully saturated rings. The van der Waals surface area contributed by atoms with E-state index in [0.29, 0.717) is 11.5 Å². The van der Waals surface area contributed by atoms with Crippen LogP contribution in [0, 0.1) is 5.92 Å². The number of benzene rings is 1. The second kappa shape index (κ2) is 6.95. The fraction of sp³-hybridized carbons (Fsp3) is 0.591. The second-order valence-corrected chi connectivity index (χ2v) is 8.33. The Morgan fingerprint density at radius 3 is 2.52 bits per heavy atom. The maximum absolute atomic E-state index is 12.1. The maximum Gasteiger partial charge on any atom is 0.249 e. The normalized spacial score (nSPS) is 22.5. The molecule has 1 unspecified atom stereocenters. The first-order chi connectivity index (χ1) is 11.8. The highest BCUT2D eigenvalue weighted by molar-refractivity contribution is 5.98. The lowest BCUT2D eigenvalue weighted by molar-refractivity contribution is 0.0999. The zero-order chi connectivity index (χ0) is 18.2. The molecule has 2 aliphatic rings. The van der Waals surface area contributed by atoms with Crippen molar-refractivity contribution < 1.29 is 4.79 Å². The van der Waals surface area contributed by atoms with E-state index >= 15 is 0 Å². The van der Waals surface area contributed by atoms with Gasteiger partial charge >= 0.3 is 0 Å². The van der Waals surface area contributed by atoms with Gasteiger partial charge in [-0.15, -0.1) is 0 Å². The van der Waals surface area contributed by atoms with Gasteiger partial charge in [0.25, 0.3) is 0 Å². The molecule has 1 saturated heterocycles. The third kappa shape index (κ3) is 3.39. The highest BCUT2D eigenvalue weighted by atomic mass is 16.1. The highest BCUT2D eigenvalue weighted by Crippen LogP contribution is 2.39. The molecular weight excluding hydrogens is 308 g/mol. The lowest BCUT2D eigenvalue weighted by Crippen LogP contribution is -2.39. The number of hydrogen-bond acceptors (Lipinski definition) is 2. The van der Waals surface area contributed by atoms with Crippen LogP contribution in [-0.2, 0) is 5.54 Å². The van der Waals surface area contributed by atoms with Crippen molar-refractivity contribution in [2.75, 3.05) is 13.1 Å². The van der Waals surface area contributed by atoms with E-state index in [0.717, 1.165) is 25.1 Å². The van der Waals surface area contributed by atoms with E-state index in [4.69, 9.17) is 5.73 Å². The van der Waals surface area contributed by atoms with E-state index in [1.54, 1.807) is 0 Å². The van der Waals surface area contributed by atoms with Crippen LogP contribution in [0.3, 0.4) is 0 Å². The SMILES string of the molecule is CC1=C(c2cc(C(C)(C)N3CCCC3)ccc2C(N)=O)CCCC1C. The molecule has 25 heavy (non-hydrogen) atoms. The first-order valence-electron chi connectivity index (χ1n) is 9.71. The van der Waals surface area contributed by atoms with Crippen molar-refractivity contribution in [2.45, 2.75) is 65.3 Å². The number of nitrogens with two attached hydrogens (primary N) is 1. The van der Waals surface area contributed by atoms with E-state index in [2.05, 4.69) is 44.7 Å². The lowest BCUT2D eigenvalue weighted by atomic mass is 9.79. The van der Waals surface area contributed by atoms with E-state index < -0.39 is 0 Å². The Morgan fingerprint density at radius 2 is 1.88 bits per heavy atom. The van der Waals surface area contributed by atoms with Gasteiger partial charge in [-0.2, -0.15) is 0 Å². The molecule has 0 aromatic heterocycles. The number of amides is 1. The minimum atomic E-state index is -0.320. The Kier molecular flexibility index (Phi) is 5.06. The predicted molar refractivity (Wildman–Crippen MR) is 104 cm³/mol. The quantitative estimate of drug-likeness (QED) is 0.863. The Bertz CT molecular complexity index is 696. The summed E-state index contributed by atoms with van der Waals surface area (Å²) in [7, 11) is 0. The first kappa shape index (κ1) is 18.2. The van der Waals surface area contributed by atoms with Gasteiger partial charge in [0.15, 0.2) is 0 Å². The van der Waals surface area contributed by atoms with Gasteiger partial charge < -0.3 is 5.73 Å². The standard InChI is InChI=1S/C22H32N2O/c1-15-8-7-9-18(16(15)2)20-14-17(10-11-19(20)21(23)25)22(3,4)24-12-5-6-13-24/h10-11,14-15H,5-9,12-13H2,1-4H3,(H2,23,25). The Morgan fingerprint density at radius 1 is 1.20 bits per heavy atom. The van der Waals surface area contributed by atoms with Gasteiger partial charge in [-0.1, -0.05) is 18.6 Å². The number of allylic oxidation sites excluding steroid dienone is 2. The molecule has 1 heterocycles. The molecule has 2 N–H and O–H groups in total. The first-order valence-corrected chi connectivity index (χ1v) is 9.71. The van der Waals surface area contributed by atoms with Crippen LogP contribution < -0.4 is 5.73 Å². The molecule has 3 rings (SSSR count). The van der Waals surface area contributed by atoms with Crippen molar-refractivity contribution in [2.24, 2.45) is 11.7 Å². The summed E-state index contributed by atoms with van der Waals surface area (Å²) in [5.74, 6) is 0.263. The number of primary amides is 1. The predicted octanol–water partition coefficient (Wildman–Crippen LogP) is 4.71. The van der Waals surface area contributed by atoms with Crippen molar-refractivity contribution in [1.82, 2.24) is 4.90 Å². The third-order valence-electron chi connectivity index (χ3n) is 6.49. The fourth-order valence-electron chi connectivity index (χ4n) is 4.49. The van der Waals surface area contributed by atoms with Gasteiger partial charge in [-0.25, -0.2) is 0 Å². The molecule has 1 aromatic rings. The van der Waals surface area contributed by atoms with Gasteiger partial charge in [-0.05, 0) is 101 Å². The minimum absolute atomic E-state index is 0.0177. The molecule has 3 nitrogen and oxygen atoms in total. The van der Waals surface area contributed by atoms with E-state index in [1.807, 2.05) is 6.07 Å². The average Bonchev–Trinajstić information content (AvgIpc) is 3.12. The summed E-state index contributed by atoms with van der Waals surface area (Å²) < 4.78 is 0. The molecule has 0 bridgehead atoms. The number of rotatable bonds is 4. The number of carbonyl (C=O) groups excluding carboxylic acids is 1. The Hall–Kier alpha value is -1.61. The summed E-state index contributed by atoms with van der Waals surface area (Å²) in [6.45, 7) is 11.4. The molecule has 1 aromatic carbocycles. The fourth-order valence-corrected chi connectivity index (χ4v) is 4.49. The third-order valence-corrected chi connectivity index (χ3v) is 6.49. The maximum atomic E-state index is 12.1. The molecule has 1 atom stereocenters. The van der Waals surface area contributed by atoms with Crippen LogP contribution >= 0.6 is 0 Å². The zero-order valence-electron chi connectivity index (χ0n) is 16.2. The van der Waals surface area contributed by atoms with E-state index in [9.17, 15) is 4.79 Å². The number of hydrogen-bond donors (Lipinski definition) is 1. The molecule has 1 aliphatic carbocycles. The van der Waals surface area contributed by atoms with E-state index in [-0.39, 0.29) is 11.4 Å². The molecule has 1 aliphatic heterocycles. The molecule has 3 heteroatoms. The zero-order valence-corrected chi connectivity index (χ0v) is 16.2. The lowest BCUT2D eigenvalue weighted by Gasteiger charge is -2.37. The Labute approximate surface area is 152 Å². The second-order valence-electron chi connectivity index (χ2n) is 8.33. The number of carbonyl (C=O) groups is 1. The Balaban J connectivity index is 2.10. The van der Waals surface area contributed by atoms with Gasteiger partial charge in [-0.3, -0.25) is 9.69 Å². The smallest absolute Gasteiger partial charge is 0.249 e. The van der Waals surface area contributed by atoms with E-state index in [1.165, 1.54) is 42.4 Å². The van der Waals surface area contributed by atoms with Gasteiger partial charge in [0.05, 0.1) is 0 Å². The van der Waals surface area contributed by atoms with Gasteiger partial charge in [0.1, 0.15) is 0 Å². The van der Waals surface area contributed by atoms with Crippen LogP contribution in [0.5, 0.6) is 0 Å². The summed E-state index contributed by atoms with van der Waals surface area (Å²) in [5.41, 5.74) is 11.5. The summed E-state index contributed by atoms with van der Waals surface area (Å²) in [6, 6.07) is 6.30. The van der Waals surface area contributed by atoms with Crippen LogP contribution in [0.4, 0.5) is 0 Å². The van der Waals surface area contributed by atoms with Crippen molar-refractivity contribution in [3.05, 3.63) is 40.5 Å². The largest absolute Gasteiger partial charge is 0.366 e. The van der Waals surface area contributed by atoms with Crippen molar-refractivity contribution in [1.29, 1.82) is 0 Å². The molecular formula is C22H32N2O. The number of likely N-dealkylation sites (tertiary alicyclic amines) is 1. The summed E-state index contributed by atoms with van der Waals surface area (Å²) in [4.78, 5) is 14.6. The summed E-state index contributed by atoms with van der Waals surface area (Å²) >= 11 is 0. The van der Waals surface area contributed by atoms with Gasteiger partial charge in [0, 0.05) is 11.1 Å². The average molecular weight is 341 g/mol. The molecule has 0 radical (unpaired) electrons. The van der Waals surface area contributed by atoms with Crippen molar-refractivity contribution in [3.63, 3.8) is 0 Å². The monoisotopic (exact) mass is 340 g/mol. The van der Waals surface area contributed by atoms with Gasteiger partial charge in [0.2, 0.25) is 5.91 Å². The highest BCUT2D eigenvalue weighted by Gasteiger charge is 2.32. The van der Waals surface area contributed by atoms with Crippen LogP contribution in [0.25, 0.3) is 5.57 Å². The molecule has 0 spiro atoms. The molecule has 0 saturated carbocycles. The van der Waals surface area contributed by atoms with Crippen LogP contribution in [-0.4, -0.2) is 23.9 Å². The molecule has 136 valence electrons. The van der Waals surface area contributed by atoms with Crippen molar-refractivity contribution in [3.8, 4) is 0 Å². The summed E-state index contributed by atoms with van der Waals surface area (Å²) in [5, 5.41) is 0. The molecule has 1 amide bonds. The minimum Gasteiger partial charge on any atom is -0.366 e. The topological polar surface area (TPSA) is 46.3 Å². The number of nitrogens with zero attached hydrogens (tertiary/aromatic N) is 1. The van der Waals surface area contributed by atoms with Crippen LogP contribution in [0.2, 0.25) is 0 Å².